The lowest BCUT2D eigenvalue weighted by Crippen LogP contribution is -2.51. The van der Waals surface area contributed by atoms with Gasteiger partial charge in [0.15, 0.2) is 0 Å². The number of imide groups is 1. The standard InChI is InChI=1S/C27H18ClNO5/c1-14-10-12-15(13-11-14)22-20-21(26(33)29(25(20)32)19-9-5-4-8-18(19)28)27(34-22)23(30)16-6-2-3-7-17(16)24(27)31/h2-13,20-22H,1H3/t20-,21+,22-/m0/s1. The number of ether oxygens (including phenoxy) is 1. The Kier molecular flexibility index (Phi) is 4.43. The summed E-state index contributed by atoms with van der Waals surface area (Å²) >= 11 is 6.33. The Morgan fingerprint density at radius 1 is 0.794 bits per heavy atom. The van der Waals surface area contributed by atoms with Gasteiger partial charge in [0.1, 0.15) is 0 Å². The van der Waals surface area contributed by atoms with Crippen molar-refractivity contribution in [3.8, 4) is 0 Å². The van der Waals surface area contributed by atoms with Crippen LogP contribution in [0.25, 0.3) is 0 Å². The van der Waals surface area contributed by atoms with Crippen LogP contribution in [0.2, 0.25) is 5.02 Å². The molecule has 0 aromatic heterocycles. The second-order valence-corrected chi connectivity index (χ2v) is 9.26. The molecular formula is C27H18ClNO5. The van der Waals surface area contributed by atoms with Crippen LogP contribution in [0.1, 0.15) is 37.9 Å². The maximum atomic E-state index is 13.8. The lowest BCUT2D eigenvalue weighted by molar-refractivity contribution is -0.127. The number of ketones is 2. The predicted molar refractivity (Wildman–Crippen MR) is 124 cm³/mol. The molecule has 0 unspecified atom stereocenters. The van der Waals surface area contributed by atoms with E-state index in [2.05, 4.69) is 0 Å². The van der Waals surface area contributed by atoms with Crippen molar-refractivity contribution in [1.29, 1.82) is 0 Å². The van der Waals surface area contributed by atoms with E-state index in [1.807, 2.05) is 19.1 Å². The van der Waals surface area contributed by atoms with Crippen LogP contribution in [0.3, 0.4) is 0 Å². The topological polar surface area (TPSA) is 80.8 Å². The minimum atomic E-state index is -2.09. The number of carbonyl (C=O) groups excluding carboxylic acids is 4. The van der Waals surface area contributed by atoms with Gasteiger partial charge in [-0.15, -0.1) is 0 Å². The van der Waals surface area contributed by atoms with Gasteiger partial charge in [-0.2, -0.15) is 0 Å². The molecule has 2 aliphatic heterocycles. The van der Waals surface area contributed by atoms with Gasteiger partial charge in [0.05, 0.1) is 28.6 Å². The van der Waals surface area contributed by atoms with Crippen LogP contribution in [0.5, 0.6) is 0 Å². The first-order valence-electron chi connectivity index (χ1n) is 10.9. The highest BCUT2D eigenvalue weighted by Crippen LogP contribution is 2.58. The lowest BCUT2D eigenvalue weighted by Gasteiger charge is -2.27. The maximum absolute atomic E-state index is 13.8. The fourth-order valence-corrected chi connectivity index (χ4v) is 5.66. The van der Waals surface area contributed by atoms with Gasteiger partial charge in [0, 0.05) is 11.1 Å². The molecule has 6 nitrogen and oxygen atoms in total. The zero-order chi connectivity index (χ0) is 23.8. The van der Waals surface area contributed by atoms with Crippen LogP contribution in [0.15, 0.2) is 72.8 Å². The second kappa shape index (κ2) is 7.19. The number of halogens is 1. The first-order chi connectivity index (χ1) is 16.4. The summed E-state index contributed by atoms with van der Waals surface area (Å²) in [5.41, 5.74) is 0.157. The molecule has 2 fully saturated rings. The Labute approximate surface area is 200 Å². The van der Waals surface area contributed by atoms with E-state index in [0.717, 1.165) is 10.5 Å². The molecule has 7 heteroatoms. The average Bonchev–Trinajstić information content (AvgIpc) is 3.40. The van der Waals surface area contributed by atoms with Crippen molar-refractivity contribution < 1.29 is 23.9 Å². The van der Waals surface area contributed by atoms with Crippen molar-refractivity contribution in [3.05, 3.63) is 100 Å². The number of hydrogen-bond donors (Lipinski definition) is 0. The summed E-state index contributed by atoms with van der Waals surface area (Å²) in [5.74, 6) is -4.71. The van der Waals surface area contributed by atoms with Crippen molar-refractivity contribution in [3.63, 3.8) is 0 Å². The number of anilines is 1. The van der Waals surface area contributed by atoms with E-state index in [1.165, 1.54) is 0 Å². The van der Waals surface area contributed by atoms with Gasteiger partial charge >= 0.3 is 0 Å². The van der Waals surface area contributed by atoms with Crippen LogP contribution in [0.4, 0.5) is 5.69 Å². The van der Waals surface area contributed by atoms with E-state index in [0.29, 0.717) is 5.56 Å². The first kappa shape index (κ1) is 21.0. The van der Waals surface area contributed by atoms with Crippen LogP contribution in [0, 0.1) is 18.8 Å². The third-order valence-corrected chi connectivity index (χ3v) is 7.34. The van der Waals surface area contributed by atoms with E-state index in [9.17, 15) is 19.2 Å². The minimum absolute atomic E-state index is 0.201. The Bertz CT molecular complexity index is 1380. The summed E-state index contributed by atoms with van der Waals surface area (Å²) in [6.45, 7) is 1.92. The minimum Gasteiger partial charge on any atom is -0.349 e. The van der Waals surface area contributed by atoms with E-state index < -0.39 is 46.9 Å². The summed E-state index contributed by atoms with van der Waals surface area (Å²) in [6.07, 6.45) is -0.947. The molecule has 168 valence electrons. The first-order valence-corrected chi connectivity index (χ1v) is 11.3. The fraction of sp³-hybridized carbons (Fsp3) is 0.185. The maximum Gasteiger partial charge on any atom is 0.241 e. The molecule has 1 spiro atoms. The van der Waals surface area contributed by atoms with Gasteiger partial charge in [0.25, 0.3) is 0 Å². The smallest absolute Gasteiger partial charge is 0.241 e. The zero-order valence-electron chi connectivity index (χ0n) is 18.0. The molecular weight excluding hydrogens is 454 g/mol. The molecule has 3 aromatic rings. The van der Waals surface area contributed by atoms with Gasteiger partial charge in [-0.3, -0.25) is 19.2 Å². The molecule has 3 atom stereocenters. The number of benzene rings is 3. The Morgan fingerprint density at radius 3 is 2.00 bits per heavy atom. The van der Waals surface area contributed by atoms with Crippen molar-refractivity contribution in [2.45, 2.75) is 18.6 Å². The SMILES string of the molecule is Cc1ccc([C@@H]2OC3(C(=O)c4ccccc4C3=O)[C@H]3C(=O)N(c4ccccc4Cl)C(=O)[C@H]23)cc1. The Balaban J connectivity index is 1.56. The summed E-state index contributed by atoms with van der Waals surface area (Å²) in [7, 11) is 0. The molecule has 3 aliphatic rings. The normalized spacial score (nSPS) is 24.8. The molecule has 0 saturated carbocycles. The highest BCUT2D eigenvalue weighted by molar-refractivity contribution is 6.39. The lowest BCUT2D eigenvalue weighted by atomic mass is 9.77. The largest absolute Gasteiger partial charge is 0.349 e. The van der Waals surface area contributed by atoms with E-state index >= 15 is 0 Å². The third-order valence-electron chi connectivity index (χ3n) is 7.02. The second-order valence-electron chi connectivity index (χ2n) is 8.86. The summed E-state index contributed by atoms with van der Waals surface area (Å²) in [4.78, 5) is 56.1. The van der Waals surface area contributed by atoms with Crippen molar-refractivity contribution >= 4 is 40.7 Å². The number of para-hydroxylation sites is 1. The molecule has 0 bridgehead atoms. The summed E-state index contributed by atoms with van der Waals surface area (Å²) in [6, 6.07) is 20.2. The van der Waals surface area contributed by atoms with Crippen molar-refractivity contribution in [2.24, 2.45) is 11.8 Å². The van der Waals surface area contributed by atoms with E-state index in [1.54, 1.807) is 60.7 Å². The fourth-order valence-electron chi connectivity index (χ4n) is 5.44. The van der Waals surface area contributed by atoms with Gasteiger partial charge in [-0.1, -0.05) is 77.8 Å². The number of aryl methyl sites for hydroxylation is 1. The summed E-state index contributed by atoms with van der Waals surface area (Å²) < 4.78 is 6.26. The van der Waals surface area contributed by atoms with Crippen LogP contribution >= 0.6 is 11.6 Å². The monoisotopic (exact) mass is 471 g/mol. The number of nitrogens with zero attached hydrogens (tertiary/aromatic N) is 1. The Morgan fingerprint density at radius 2 is 1.38 bits per heavy atom. The molecule has 34 heavy (non-hydrogen) atoms. The molecule has 0 N–H and O–H groups in total. The highest BCUT2D eigenvalue weighted by Gasteiger charge is 2.74. The molecule has 2 saturated heterocycles. The van der Waals surface area contributed by atoms with Crippen LogP contribution in [-0.4, -0.2) is 29.0 Å². The van der Waals surface area contributed by atoms with Crippen LogP contribution in [-0.2, 0) is 14.3 Å². The predicted octanol–water partition coefficient (Wildman–Crippen LogP) is 4.34. The number of fused-ring (bicyclic) bond motifs is 3. The Hall–Kier alpha value is -3.61. The number of Topliss-reactive ketones (excluding diaryl/α,β-unsaturated/α-hetero) is 2. The van der Waals surface area contributed by atoms with Gasteiger partial charge < -0.3 is 4.74 Å². The highest BCUT2D eigenvalue weighted by atomic mass is 35.5. The van der Waals surface area contributed by atoms with E-state index in [4.69, 9.17) is 16.3 Å². The average molecular weight is 472 g/mol. The van der Waals surface area contributed by atoms with Gasteiger partial charge in [-0.05, 0) is 24.6 Å². The summed E-state index contributed by atoms with van der Waals surface area (Å²) in [5, 5.41) is 0.221. The quantitative estimate of drug-likeness (QED) is 0.410. The third kappa shape index (κ3) is 2.55. The molecule has 2 heterocycles. The van der Waals surface area contributed by atoms with E-state index in [-0.39, 0.29) is 21.8 Å². The number of carbonyl (C=O) groups is 4. The van der Waals surface area contributed by atoms with Crippen molar-refractivity contribution in [1.82, 2.24) is 0 Å². The number of amides is 2. The molecule has 3 aromatic carbocycles. The van der Waals surface area contributed by atoms with Crippen molar-refractivity contribution in [2.75, 3.05) is 4.90 Å². The molecule has 1 aliphatic carbocycles. The molecule has 0 radical (unpaired) electrons. The molecule has 6 rings (SSSR count). The molecule has 2 amide bonds. The van der Waals surface area contributed by atoms with Crippen LogP contribution < -0.4 is 4.90 Å². The van der Waals surface area contributed by atoms with Gasteiger partial charge in [0.2, 0.25) is 29.0 Å². The zero-order valence-corrected chi connectivity index (χ0v) is 18.8. The number of rotatable bonds is 2. The number of hydrogen-bond acceptors (Lipinski definition) is 5. The van der Waals surface area contributed by atoms with Gasteiger partial charge in [-0.25, -0.2) is 4.90 Å².